The molecule has 1 nitrogen and oxygen atoms in total. The third kappa shape index (κ3) is 6.79. The van der Waals surface area contributed by atoms with E-state index in [0.29, 0.717) is 0 Å². The predicted octanol–water partition coefficient (Wildman–Crippen LogP) is 5.40. The van der Waals surface area contributed by atoms with E-state index in [-0.39, 0.29) is 0 Å². The fraction of sp³-hybridized carbons (Fsp3) is 1.00. The highest BCUT2D eigenvalue weighted by atomic mass is 14.9. The Balaban J connectivity index is 2.32. The van der Waals surface area contributed by atoms with Gasteiger partial charge in [-0.05, 0) is 50.1 Å². The van der Waals surface area contributed by atoms with Crippen molar-refractivity contribution in [2.45, 2.75) is 85.0 Å². The van der Waals surface area contributed by atoms with E-state index < -0.39 is 0 Å². The Labute approximate surface area is 121 Å². The first kappa shape index (κ1) is 17.0. The summed E-state index contributed by atoms with van der Waals surface area (Å²) < 4.78 is 0. The quantitative estimate of drug-likeness (QED) is 0.523. The van der Waals surface area contributed by atoms with Crippen molar-refractivity contribution in [1.29, 1.82) is 0 Å². The number of rotatable bonds is 10. The molecule has 0 aliphatic heterocycles. The molecule has 3 unspecified atom stereocenters. The molecule has 1 aliphatic rings. The van der Waals surface area contributed by atoms with Gasteiger partial charge in [0.2, 0.25) is 0 Å². The summed E-state index contributed by atoms with van der Waals surface area (Å²) >= 11 is 0. The lowest BCUT2D eigenvalue weighted by Gasteiger charge is -2.36. The van der Waals surface area contributed by atoms with E-state index in [1.165, 1.54) is 77.3 Å². The molecule has 0 aromatic heterocycles. The Morgan fingerprint density at radius 2 is 1.74 bits per heavy atom. The van der Waals surface area contributed by atoms with Crippen LogP contribution in [0.25, 0.3) is 0 Å². The zero-order valence-electron chi connectivity index (χ0n) is 13.7. The molecule has 0 aromatic rings. The predicted molar refractivity (Wildman–Crippen MR) is 86.5 cm³/mol. The van der Waals surface area contributed by atoms with Gasteiger partial charge in [0.15, 0.2) is 0 Å². The summed E-state index contributed by atoms with van der Waals surface area (Å²) in [7, 11) is 0. The van der Waals surface area contributed by atoms with Crippen LogP contribution in [0.3, 0.4) is 0 Å². The maximum absolute atomic E-state index is 3.67. The van der Waals surface area contributed by atoms with E-state index in [2.05, 4.69) is 26.1 Å². The molecule has 0 saturated heterocycles. The van der Waals surface area contributed by atoms with Crippen LogP contribution in [0.15, 0.2) is 0 Å². The molecular weight excluding hydrogens is 230 g/mol. The fourth-order valence-corrected chi connectivity index (χ4v) is 3.71. The summed E-state index contributed by atoms with van der Waals surface area (Å²) in [5, 5.41) is 3.67. The van der Waals surface area contributed by atoms with Gasteiger partial charge in [0.05, 0.1) is 0 Å². The molecule has 1 saturated carbocycles. The van der Waals surface area contributed by atoms with E-state index in [1.807, 2.05) is 0 Å². The fourth-order valence-electron chi connectivity index (χ4n) is 3.71. The zero-order valence-corrected chi connectivity index (χ0v) is 13.7. The van der Waals surface area contributed by atoms with Crippen LogP contribution in [-0.4, -0.2) is 13.1 Å². The third-order valence-electron chi connectivity index (χ3n) is 5.09. The molecule has 0 spiro atoms. The summed E-state index contributed by atoms with van der Waals surface area (Å²) in [6, 6.07) is 0. The summed E-state index contributed by atoms with van der Waals surface area (Å²) in [6.45, 7) is 9.45. The van der Waals surface area contributed by atoms with Crippen LogP contribution < -0.4 is 5.32 Å². The number of nitrogens with one attached hydrogen (secondary N) is 1. The second-order valence-corrected chi connectivity index (χ2v) is 6.66. The van der Waals surface area contributed by atoms with Crippen molar-refractivity contribution in [2.24, 2.45) is 17.8 Å². The lowest BCUT2D eigenvalue weighted by Crippen LogP contribution is -2.33. The summed E-state index contributed by atoms with van der Waals surface area (Å²) in [5.41, 5.74) is 0. The normalized spacial score (nSPS) is 27.6. The van der Waals surface area contributed by atoms with Crippen molar-refractivity contribution >= 4 is 0 Å². The van der Waals surface area contributed by atoms with Gasteiger partial charge in [-0.3, -0.25) is 0 Å². The van der Waals surface area contributed by atoms with Crippen molar-refractivity contribution in [3.63, 3.8) is 0 Å². The SMILES string of the molecule is CCCCCCC1CC(CC)CCC1CNCCC. The molecule has 19 heavy (non-hydrogen) atoms. The molecule has 0 heterocycles. The molecule has 114 valence electrons. The largest absolute Gasteiger partial charge is 0.316 e. The average Bonchev–Trinajstić information content (AvgIpc) is 2.45. The zero-order chi connectivity index (χ0) is 13.9. The molecule has 1 heteroatoms. The molecule has 0 bridgehead atoms. The number of hydrogen-bond acceptors (Lipinski definition) is 1. The molecule has 1 fully saturated rings. The van der Waals surface area contributed by atoms with Crippen LogP contribution in [0.1, 0.15) is 85.0 Å². The van der Waals surface area contributed by atoms with Gasteiger partial charge in [0.25, 0.3) is 0 Å². The minimum atomic E-state index is 0.968. The molecule has 1 N–H and O–H groups in total. The smallest absolute Gasteiger partial charge is 0.00179 e. The molecule has 1 rings (SSSR count). The Bertz CT molecular complexity index is 200. The number of unbranched alkanes of at least 4 members (excludes halogenated alkanes) is 3. The van der Waals surface area contributed by atoms with Crippen LogP contribution in [0.4, 0.5) is 0 Å². The van der Waals surface area contributed by atoms with Crippen molar-refractivity contribution in [1.82, 2.24) is 5.32 Å². The van der Waals surface area contributed by atoms with Gasteiger partial charge in [-0.15, -0.1) is 0 Å². The van der Waals surface area contributed by atoms with E-state index >= 15 is 0 Å². The van der Waals surface area contributed by atoms with Gasteiger partial charge in [0, 0.05) is 0 Å². The molecule has 1 aliphatic carbocycles. The van der Waals surface area contributed by atoms with Gasteiger partial charge < -0.3 is 5.32 Å². The van der Waals surface area contributed by atoms with Crippen LogP contribution in [0, 0.1) is 17.8 Å². The minimum absolute atomic E-state index is 0.968. The van der Waals surface area contributed by atoms with E-state index in [9.17, 15) is 0 Å². The van der Waals surface area contributed by atoms with Crippen LogP contribution >= 0.6 is 0 Å². The van der Waals surface area contributed by atoms with Crippen molar-refractivity contribution in [3.05, 3.63) is 0 Å². The van der Waals surface area contributed by atoms with E-state index in [4.69, 9.17) is 0 Å². The second kappa shape index (κ2) is 10.7. The second-order valence-electron chi connectivity index (χ2n) is 6.66. The van der Waals surface area contributed by atoms with Crippen LogP contribution in [0.5, 0.6) is 0 Å². The van der Waals surface area contributed by atoms with Gasteiger partial charge in [-0.2, -0.15) is 0 Å². The monoisotopic (exact) mass is 267 g/mol. The highest BCUT2D eigenvalue weighted by molar-refractivity contribution is 4.81. The van der Waals surface area contributed by atoms with Gasteiger partial charge >= 0.3 is 0 Å². The van der Waals surface area contributed by atoms with Crippen molar-refractivity contribution in [3.8, 4) is 0 Å². The highest BCUT2D eigenvalue weighted by Gasteiger charge is 2.28. The lowest BCUT2D eigenvalue weighted by molar-refractivity contribution is 0.160. The topological polar surface area (TPSA) is 12.0 Å². The molecule has 0 radical (unpaired) electrons. The Morgan fingerprint density at radius 3 is 2.42 bits per heavy atom. The molecule has 0 amide bonds. The molecular formula is C18H37N. The first-order chi connectivity index (χ1) is 9.31. The van der Waals surface area contributed by atoms with E-state index in [0.717, 1.165) is 17.8 Å². The van der Waals surface area contributed by atoms with Gasteiger partial charge in [-0.1, -0.05) is 65.7 Å². The standard InChI is InChI=1S/C18H37N/c1-4-7-8-9-10-17-14-16(6-3)11-12-18(17)15-19-13-5-2/h16-19H,4-15H2,1-3H3. The first-order valence-corrected chi connectivity index (χ1v) is 9.02. The van der Waals surface area contributed by atoms with E-state index in [1.54, 1.807) is 0 Å². The molecule has 3 atom stereocenters. The Kier molecular flexibility index (Phi) is 9.59. The van der Waals surface area contributed by atoms with Crippen molar-refractivity contribution in [2.75, 3.05) is 13.1 Å². The van der Waals surface area contributed by atoms with Gasteiger partial charge in [0.1, 0.15) is 0 Å². The maximum atomic E-state index is 3.67. The Morgan fingerprint density at radius 1 is 0.895 bits per heavy atom. The summed E-state index contributed by atoms with van der Waals surface area (Å²) in [5.74, 6) is 3.01. The average molecular weight is 268 g/mol. The molecule has 0 aromatic carbocycles. The van der Waals surface area contributed by atoms with Crippen molar-refractivity contribution < 1.29 is 0 Å². The third-order valence-corrected chi connectivity index (χ3v) is 5.09. The number of hydrogen-bond donors (Lipinski definition) is 1. The maximum Gasteiger partial charge on any atom is -0.00179 e. The lowest BCUT2D eigenvalue weighted by atomic mass is 9.71. The minimum Gasteiger partial charge on any atom is -0.316 e. The summed E-state index contributed by atoms with van der Waals surface area (Å²) in [4.78, 5) is 0. The van der Waals surface area contributed by atoms with Crippen LogP contribution in [-0.2, 0) is 0 Å². The first-order valence-electron chi connectivity index (χ1n) is 9.02. The van der Waals surface area contributed by atoms with Crippen LogP contribution in [0.2, 0.25) is 0 Å². The highest BCUT2D eigenvalue weighted by Crippen LogP contribution is 2.38. The Hall–Kier alpha value is -0.0400. The van der Waals surface area contributed by atoms with Gasteiger partial charge in [-0.25, -0.2) is 0 Å². The summed E-state index contributed by atoms with van der Waals surface area (Å²) in [6.07, 6.45) is 14.4.